The van der Waals surface area contributed by atoms with Crippen molar-refractivity contribution in [2.75, 3.05) is 38.0 Å². The molecule has 0 radical (unpaired) electrons. The molecule has 0 saturated carbocycles. The second-order valence-electron chi connectivity index (χ2n) is 7.29. The molecule has 2 heterocycles. The van der Waals surface area contributed by atoms with Gasteiger partial charge in [-0.1, -0.05) is 12.5 Å². The van der Waals surface area contributed by atoms with Gasteiger partial charge in [0.05, 0.1) is 12.8 Å². The molecule has 1 aromatic carbocycles. The quantitative estimate of drug-likeness (QED) is 0.536. The number of hydrogen-bond acceptors (Lipinski definition) is 5. The van der Waals surface area contributed by atoms with E-state index in [1.54, 1.807) is 30.5 Å². The molecule has 7 heteroatoms. The maximum Gasteiger partial charge on any atom is 0.251 e. The lowest BCUT2D eigenvalue weighted by Crippen LogP contribution is -2.32. The molecule has 1 fully saturated rings. The highest BCUT2D eigenvalue weighted by atomic mass is 16.3. The molecule has 0 aliphatic carbocycles. The Balaban J connectivity index is 1.37. The van der Waals surface area contributed by atoms with Crippen LogP contribution in [0.1, 0.15) is 41.8 Å². The Kier molecular flexibility index (Phi) is 8.27. The lowest BCUT2D eigenvalue weighted by Gasteiger charge is -2.25. The summed E-state index contributed by atoms with van der Waals surface area (Å²) in [6, 6.07) is 10.8. The molecule has 0 spiro atoms. The predicted molar refractivity (Wildman–Crippen MR) is 113 cm³/mol. The second kappa shape index (κ2) is 11.4. The summed E-state index contributed by atoms with van der Waals surface area (Å²) in [5.41, 5.74) is 1.18. The minimum absolute atomic E-state index is 0.0183. The number of carbonyl (C=O) groups is 2. The molecule has 1 aliphatic heterocycles. The van der Waals surface area contributed by atoms with Crippen LogP contribution in [0, 0.1) is 0 Å². The summed E-state index contributed by atoms with van der Waals surface area (Å²) >= 11 is 0. The number of piperidine rings is 1. The molecule has 0 bridgehead atoms. The van der Waals surface area contributed by atoms with Crippen molar-refractivity contribution < 1.29 is 14.0 Å². The Morgan fingerprint density at radius 3 is 2.69 bits per heavy atom. The maximum atomic E-state index is 12.3. The number of hydrogen-bond donors (Lipinski definition) is 3. The summed E-state index contributed by atoms with van der Waals surface area (Å²) in [7, 11) is 0. The molecule has 2 amide bonds. The van der Waals surface area contributed by atoms with E-state index in [0.717, 1.165) is 25.4 Å². The van der Waals surface area contributed by atoms with Gasteiger partial charge in [-0.15, -0.1) is 0 Å². The van der Waals surface area contributed by atoms with E-state index < -0.39 is 0 Å². The largest absolute Gasteiger partial charge is 0.468 e. The first kappa shape index (κ1) is 21.1. The molecule has 7 nitrogen and oxygen atoms in total. The molecule has 1 aromatic heterocycles. The van der Waals surface area contributed by atoms with Gasteiger partial charge < -0.3 is 25.3 Å². The summed E-state index contributed by atoms with van der Waals surface area (Å²) in [5.74, 6) is 0.685. The van der Waals surface area contributed by atoms with Gasteiger partial charge in [-0.25, -0.2) is 0 Å². The number of rotatable bonds is 10. The number of nitrogens with zero attached hydrogens (tertiary/aromatic N) is 1. The van der Waals surface area contributed by atoms with Crippen molar-refractivity contribution in [2.24, 2.45) is 0 Å². The van der Waals surface area contributed by atoms with Gasteiger partial charge in [0.25, 0.3) is 5.91 Å². The van der Waals surface area contributed by atoms with E-state index in [4.69, 9.17) is 4.42 Å². The molecule has 1 saturated heterocycles. The second-order valence-corrected chi connectivity index (χ2v) is 7.29. The first-order valence-electron chi connectivity index (χ1n) is 10.3. The number of benzene rings is 1. The molecular formula is C22H30N4O3. The molecule has 29 heavy (non-hydrogen) atoms. The van der Waals surface area contributed by atoms with Gasteiger partial charge in [-0.2, -0.15) is 0 Å². The average Bonchev–Trinajstić information content (AvgIpc) is 3.26. The minimum Gasteiger partial charge on any atom is -0.468 e. The molecule has 2 aromatic rings. The summed E-state index contributed by atoms with van der Waals surface area (Å²) in [6.45, 7) is 4.72. The third kappa shape index (κ3) is 7.36. The lowest BCUT2D eigenvalue weighted by molar-refractivity contribution is -0.116. The van der Waals surface area contributed by atoms with E-state index in [9.17, 15) is 9.59 Å². The van der Waals surface area contributed by atoms with Gasteiger partial charge in [0.1, 0.15) is 5.76 Å². The fourth-order valence-electron chi connectivity index (χ4n) is 3.40. The van der Waals surface area contributed by atoms with Crippen molar-refractivity contribution in [3.8, 4) is 0 Å². The van der Waals surface area contributed by atoms with E-state index in [-0.39, 0.29) is 11.8 Å². The van der Waals surface area contributed by atoms with Crippen LogP contribution in [0.15, 0.2) is 47.1 Å². The van der Waals surface area contributed by atoms with Crippen LogP contribution >= 0.6 is 0 Å². The van der Waals surface area contributed by atoms with Crippen molar-refractivity contribution in [3.05, 3.63) is 54.0 Å². The third-order valence-corrected chi connectivity index (χ3v) is 4.98. The molecule has 0 unspecified atom stereocenters. The lowest BCUT2D eigenvalue weighted by atomic mass is 10.1. The third-order valence-electron chi connectivity index (χ3n) is 4.98. The number of likely N-dealkylation sites (tertiary alicyclic amines) is 1. The highest BCUT2D eigenvalue weighted by Crippen LogP contribution is 2.12. The standard InChI is InChI=1S/C22H30N4O3/c27-21(9-14-26-12-2-1-3-13-26)25-19-7-4-6-18(16-19)22(28)24-11-10-23-17-20-8-5-15-29-20/h4-8,15-16,23H,1-3,9-14,17H2,(H,24,28)(H,25,27). The number of furan rings is 1. The fraction of sp³-hybridized carbons (Fsp3) is 0.455. The van der Waals surface area contributed by atoms with Crippen LogP contribution in [-0.4, -0.2) is 49.4 Å². The van der Waals surface area contributed by atoms with Crippen molar-refractivity contribution in [1.29, 1.82) is 0 Å². The van der Waals surface area contributed by atoms with Crippen LogP contribution in [0.3, 0.4) is 0 Å². The van der Waals surface area contributed by atoms with Gasteiger partial charge in [-0.3, -0.25) is 9.59 Å². The van der Waals surface area contributed by atoms with E-state index >= 15 is 0 Å². The van der Waals surface area contributed by atoms with Crippen LogP contribution in [0.5, 0.6) is 0 Å². The van der Waals surface area contributed by atoms with Crippen LogP contribution in [0.25, 0.3) is 0 Å². The zero-order valence-electron chi connectivity index (χ0n) is 16.8. The Morgan fingerprint density at radius 1 is 1.03 bits per heavy atom. The molecule has 156 valence electrons. The van der Waals surface area contributed by atoms with E-state index in [1.165, 1.54) is 19.3 Å². The van der Waals surface area contributed by atoms with E-state index in [0.29, 0.717) is 37.3 Å². The Hall–Kier alpha value is -2.64. The summed E-state index contributed by atoms with van der Waals surface area (Å²) in [5, 5.41) is 8.98. The zero-order chi connectivity index (χ0) is 20.3. The number of amides is 2. The van der Waals surface area contributed by atoms with Crippen molar-refractivity contribution in [3.63, 3.8) is 0 Å². The molecule has 1 aliphatic rings. The summed E-state index contributed by atoms with van der Waals surface area (Å²) < 4.78 is 5.24. The monoisotopic (exact) mass is 398 g/mol. The summed E-state index contributed by atoms with van der Waals surface area (Å²) in [4.78, 5) is 26.9. The fourth-order valence-corrected chi connectivity index (χ4v) is 3.40. The number of nitrogens with one attached hydrogen (secondary N) is 3. The molecule has 3 rings (SSSR count). The Morgan fingerprint density at radius 2 is 1.90 bits per heavy atom. The molecule has 3 N–H and O–H groups in total. The maximum absolute atomic E-state index is 12.3. The van der Waals surface area contributed by atoms with E-state index in [1.807, 2.05) is 12.1 Å². The minimum atomic E-state index is -0.158. The molecule has 0 atom stereocenters. The van der Waals surface area contributed by atoms with Crippen molar-refractivity contribution >= 4 is 17.5 Å². The zero-order valence-corrected chi connectivity index (χ0v) is 16.8. The highest BCUT2D eigenvalue weighted by Gasteiger charge is 2.12. The normalized spacial score (nSPS) is 14.5. The van der Waals surface area contributed by atoms with Gasteiger partial charge in [-0.05, 0) is 56.3 Å². The molecular weight excluding hydrogens is 368 g/mol. The van der Waals surface area contributed by atoms with Gasteiger partial charge >= 0.3 is 0 Å². The first-order valence-corrected chi connectivity index (χ1v) is 10.3. The van der Waals surface area contributed by atoms with Crippen LogP contribution in [-0.2, 0) is 11.3 Å². The highest BCUT2D eigenvalue weighted by molar-refractivity contribution is 5.97. The Bertz CT molecular complexity index is 770. The number of carbonyl (C=O) groups excluding carboxylic acids is 2. The SMILES string of the molecule is O=C(CCN1CCCCC1)Nc1cccc(C(=O)NCCNCc2ccco2)c1. The van der Waals surface area contributed by atoms with Crippen molar-refractivity contribution in [1.82, 2.24) is 15.5 Å². The predicted octanol–water partition coefficient (Wildman–Crippen LogP) is 2.61. The van der Waals surface area contributed by atoms with Gasteiger partial charge in [0.2, 0.25) is 5.91 Å². The first-order chi connectivity index (χ1) is 14.2. The Labute approximate surface area is 171 Å². The van der Waals surface area contributed by atoms with Crippen LogP contribution < -0.4 is 16.0 Å². The van der Waals surface area contributed by atoms with Gasteiger partial charge in [0, 0.05) is 37.3 Å². The topological polar surface area (TPSA) is 86.6 Å². The van der Waals surface area contributed by atoms with E-state index in [2.05, 4.69) is 20.9 Å². The van der Waals surface area contributed by atoms with Crippen LogP contribution in [0.4, 0.5) is 5.69 Å². The van der Waals surface area contributed by atoms with Crippen molar-refractivity contribution in [2.45, 2.75) is 32.2 Å². The van der Waals surface area contributed by atoms with Crippen LogP contribution in [0.2, 0.25) is 0 Å². The summed E-state index contributed by atoms with van der Waals surface area (Å²) in [6.07, 6.45) is 5.84. The smallest absolute Gasteiger partial charge is 0.251 e. The average molecular weight is 399 g/mol. The number of anilines is 1. The van der Waals surface area contributed by atoms with Gasteiger partial charge in [0.15, 0.2) is 0 Å².